The average molecular weight is 677 g/mol. The Labute approximate surface area is 219 Å². The molecular formula is C20H9F5INO8S2-2. The molecule has 0 saturated carbocycles. The summed E-state index contributed by atoms with van der Waals surface area (Å²) >= 11 is 1.59. The minimum Gasteiger partial charge on any atom is -0.744 e. The minimum absolute atomic E-state index is 0.0428. The van der Waals surface area contributed by atoms with Gasteiger partial charge in [-0.25, -0.2) is 43.6 Å². The zero-order chi connectivity index (χ0) is 27.7. The van der Waals surface area contributed by atoms with Crippen molar-refractivity contribution < 1.29 is 57.6 Å². The molecule has 0 bridgehead atoms. The van der Waals surface area contributed by atoms with Crippen molar-refractivity contribution in [2.24, 2.45) is 0 Å². The van der Waals surface area contributed by atoms with Crippen LogP contribution in [-0.4, -0.2) is 34.0 Å². The molecule has 0 amide bonds. The molecule has 0 aliphatic heterocycles. The van der Waals surface area contributed by atoms with Crippen LogP contribution in [-0.2, 0) is 24.9 Å². The lowest BCUT2D eigenvalue weighted by atomic mass is 10.3. The smallest absolute Gasteiger partial charge is 0.349 e. The Hall–Kier alpha value is -3.03. The first kappa shape index (κ1) is 28.5. The Morgan fingerprint density at radius 3 is 1.86 bits per heavy atom. The Balaban J connectivity index is 1.66. The first-order valence-electron chi connectivity index (χ1n) is 9.30. The maximum absolute atomic E-state index is 13.8. The van der Waals surface area contributed by atoms with E-state index in [2.05, 4.69) is 4.72 Å². The van der Waals surface area contributed by atoms with Gasteiger partial charge in [-0.2, -0.15) is 0 Å². The summed E-state index contributed by atoms with van der Waals surface area (Å²) in [6.45, 7) is -0.666. The van der Waals surface area contributed by atoms with Gasteiger partial charge in [-0.15, -0.1) is 5.69 Å². The summed E-state index contributed by atoms with van der Waals surface area (Å²) in [6.07, 6.45) is 0. The Kier molecular flexibility index (Phi) is 8.30. The summed E-state index contributed by atoms with van der Waals surface area (Å²) < 4.78 is 138. The summed E-state index contributed by atoms with van der Waals surface area (Å²) in [5.74, 6) is -13.7. The molecule has 0 aliphatic rings. The number of esters is 1. The highest BCUT2D eigenvalue weighted by Gasteiger charge is 2.30. The van der Waals surface area contributed by atoms with E-state index in [4.69, 9.17) is 9.47 Å². The highest BCUT2D eigenvalue weighted by atomic mass is 127. The van der Waals surface area contributed by atoms with Crippen molar-refractivity contribution in [3.8, 4) is 11.5 Å². The predicted octanol–water partition coefficient (Wildman–Crippen LogP) is 4.27. The lowest BCUT2D eigenvalue weighted by Crippen LogP contribution is -2.17. The van der Waals surface area contributed by atoms with Gasteiger partial charge in [0.25, 0.3) is 0 Å². The molecule has 0 aromatic heterocycles. The molecule has 198 valence electrons. The van der Waals surface area contributed by atoms with Crippen molar-refractivity contribution in [2.45, 2.75) is 9.79 Å². The van der Waals surface area contributed by atoms with E-state index >= 15 is 0 Å². The van der Waals surface area contributed by atoms with Crippen LogP contribution >= 0.6 is 22.6 Å². The molecule has 0 aliphatic carbocycles. The largest absolute Gasteiger partial charge is 0.744 e. The van der Waals surface area contributed by atoms with Crippen LogP contribution in [0.4, 0.5) is 27.6 Å². The second-order valence-electron chi connectivity index (χ2n) is 6.77. The molecule has 17 heteroatoms. The zero-order valence-electron chi connectivity index (χ0n) is 17.5. The molecule has 0 radical (unpaired) electrons. The summed E-state index contributed by atoms with van der Waals surface area (Å²) in [6, 6.07) is 7.19. The predicted molar refractivity (Wildman–Crippen MR) is 121 cm³/mol. The molecule has 3 aromatic rings. The molecule has 0 spiro atoms. The van der Waals surface area contributed by atoms with Crippen molar-refractivity contribution in [3.05, 3.63) is 79.8 Å². The van der Waals surface area contributed by atoms with Crippen LogP contribution in [0.25, 0.3) is 4.72 Å². The number of ether oxygens (including phenoxy) is 2. The maximum Gasteiger partial charge on any atom is 0.349 e. The van der Waals surface area contributed by atoms with Crippen molar-refractivity contribution in [2.75, 3.05) is 6.61 Å². The van der Waals surface area contributed by atoms with Crippen molar-refractivity contribution in [1.29, 1.82) is 0 Å². The maximum atomic E-state index is 13.8. The number of halogens is 6. The van der Waals surface area contributed by atoms with E-state index in [1.807, 2.05) is 0 Å². The third-order valence-corrected chi connectivity index (χ3v) is 7.73. The highest BCUT2D eigenvalue weighted by molar-refractivity contribution is 14.1. The quantitative estimate of drug-likeness (QED) is 0.0655. The van der Waals surface area contributed by atoms with Crippen LogP contribution in [0, 0.1) is 32.7 Å². The summed E-state index contributed by atoms with van der Waals surface area (Å²) in [7, 11) is -10.1. The number of nitrogens with zero attached hydrogens (tertiary/aromatic N) is 1. The molecule has 0 unspecified atom stereocenters. The van der Waals surface area contributed by atoms with E-state index in [1.165, 1.54) is 6.07 Å². The molecular weight excluding hydrogens is 668 g/mol. The minimum atomic E-state index is -5.38. The first-order chi connectivity index (χ1) is 17.1. The first-order valence-corrected chi connectivity index (χ1v) is 13.2. The lowest BCUT2D eigenvalue weighted by molar-refractivity contribution is -0.136. The van der Waals surface area contributed by atoms with E-state index in [0.29, 0.717) is 0 Å². The highest BCUT2D eigenvalue weighted by Crippen LogP contribution is 2.34. The van der Waals surface area contributed by atoms with E-state index in [9.17, 15) is 48.1 Å². The normalized spacial score (nSPS) is 11.8. The SMILES string of the molecule is O=C(COc1ccc(S(=O)(=O)[O-])c(I)c1)Oc1ccc([N-]S(=O)(=O)c2c(F)c(F)c(F)c(F)c2F)cc1. The number of rotatable bonds is 8. The Morgan fingerprint density at radius 2 is 1.35 bits per heavy atom. The monoisotopic (exact) mass is 677 g/mol. The fourth-order valence-corrected chi connectivity index (χ4v) is 5.60. The molecule has 0 N–H and O–H groups in total. The van der Waals surface area contributed by atoms with Crippen molar-refractivity contribution in [3.63, 3.8) is 0 Å². The number of hydrogen-bond donors (Lipinski definition) is 0. The van der Waals surface area contributed by atoms with Gasteiger partial charge in [-0.05, 0) is 52.9 Å². The third kappa shape index (κ3) is 6.46. The Bertz CT molecular complexity index is 1570. The second-order valence-corrected chi connectivity index (χ2v) is 10.8. The third-order valence-electron chi connectivity index (χ3n) is 4.25. The average Bonchev–Trinajstić information content (AvgIpc) is 2.80. The fourth-order valence-electron chi connectivity index (χ4n) is 2.65. The van der Waals surface area contributed by atoms with Crippen LogP contribution in [0.1, 0.15) is 0 Å². The zero-order valence-corrected chi connectivity index (χ0v) is 21.3. The summed E-state index contributed by atoms with van der Waals surface area (Å²) in [5.41, 5.74) is -0.497. The van der Waals surface area contributed by atoms with Gasteiger partial charge in [-0.1, -0.05) is 12.1 Å². The molecule has 3 rings (SSSR count). The molecule has 9 nitrogen and oxygen atoms in total. The van der Waals surface area contributed by atoms with Gasteiger partial charge in [0.05, 0.1) is 4.90 Å². The summed E-state index contributed by atoms with van der Waals surface area (Å²) in [4.78, 5) is 9.35. The van der Waals surface area contributed by atoms with Crippen LogP contribution < -0.4 is 9.47 Å². The lowest BCUT2D eigenvalue weighted by Gasteiger charge is -2.23. The van der Waals surface area contributed by atoms with Gasteiger partial charge in [0.1, 0.15) is 36.5 Å². The number of hydrogen-bond acceptors (Lipinski definition) is 8. The number of sulfonamides is 1. The van der Waals surface area contributed by atoms with E-state index in [0.717, 1.165) is 36.4 Å². The number of carbonyl (C=O) groups is 1. The molecule has 3 aromatic carbocycles. The van der Waals surface area contributed by atoms with E-state index in [1.54, 1.807) is 22.6 Å². The van der Waals surface area contributed by atoms with Gasteiger partial charge in [0.2, 0.25) is 5.82 Å². The van der Waals surface area contributed by atoms with Crippen molar-refractivity contribution in [1.82, 2.24) is 0 Å². The van der Waals surface area contributed by atoms with Crippen LogP contribution in [0.3, 0.4) is 0 Å². The van der Waals surface area contributed by atoms with Crippen molar-refractivity contribution >= 4 is 54.4 Å². The fraction of sp³-hybridized carbons (Fsp3) is 0.0500. The second kappa shape index (κ2) is 10.8. The topological polar surface area (TPSA) is 141 Å². The Morgan fingerprint density at radius 1 is 0.838 bits per heavy atom. The van der Waals surface area contributed by atoms with Gasteiger partial charge >= 0.3 is 5.97 Å². The van der Waals surface area contributed by atoms with E-state index < -0.39 is 77.3 Å². The molecule has 0 atom stereocenters. The molecule has 37 heavy (non-hydrogen) atoms. The van der Waals surface area contributed by atoms with E-state index in [-0.39, 0.29) is 15.1 Å². The standard InChI is InChI=1S/C20H10F5INO8S2/c21-15-16(22)18(24)20(19(25)17(15)23)36(29,30)27-9-1-3-10(4-2-9)35-14(28)8-34-11-5-6-13(12(26)7-11)37(31,32)33/h1-7H,8H2,(H,31,32,33)/q-1/p-1. The molecule has 0 heterocycles. The van der Waals surface area contributed by atoms with Gasteiger partial charge in [-0.3, -0.25) is 0 Å². The van der Waals surface area contributed by atoms with Crippen LogP contribution in [0.2, 0.25) is 0 Å². The summed E-state index contributed by atoms with van der Waals surface area (Å²) in [5, 5.41) is 0. The molecule has 0 fully saturated rings. The number of benzene rings is 3. The van der Waals surface area contributed by atoms with Gasteiger partial charge < -0.3 is 18.7 Å². The molecule has 0 saturated heterocycles. The van der Waals surface area contributed by atoms with Gasteiger partial charge in [0, 0.05) is 3.57 Å². The van der Waals surface area contributed by atoms with Crippen LogP contribution in [0.15, 0.2) is 52.3 Å². The van der Waals surface area contributed by atoms with Gasteiger partial charge in [0.15, 0.2) is 29.9 Å². The van der Waals surface area contributed by atoms with Crippen LogP contribution in [0.5, 0.6) is 11.5 Å². The number of carbonyl (C=O) groups excluding carboxylic acids is 1.